The Kier molecular flexibility index (Phi) is 1.43. The summed E-state index contributed by atoms with van der Waals surface area (Å²) in [4.78, 5) is 10.5. The number of rotatable bonds is 2. The van der Waals surface area contributed by atoms with Crippen molar-refractivity contribution >= 4 is 5.97 Å². The fourth-order valence-corrected chi connectivity index (χ4v) is 1.47. The first-order valence-corrected chi connectivity index (χ1v) is 3.84. The molecular formula is C8H9NO3. The zero-order valence-corrected chi connectivity index (χ0v) is 6.65. The van der Waals surface area contributed by atoms with Crippen LogP contribution < -0.4 is 0 Å². The number of carboxylic acid groups (broad SMARTS) is 1. The smallest absolute Gasteiger partial charge is 0.307 e. The van der Waals surface area contributed by atoms with Crippen LogP contribution in [0.25, 0.3) is 0 Å². The van der Waals surface area contributed by atoms with Crippen LogP contribution in [0, 0.1) is 12.8 Å². The van der Waals surface area contributed by atoms with Gasteiger partial charge in [0.05, 0.1) is 12.1 Å². The van der Waals surface area contributed by atoms with Gasteiger partial charge >= 0.3 is 5.97 Å². The molecule has 0 bridgehead atoms. The van der Waals surface area contributed by atoms with Crippen LogP contribution in [0.5, 0.6) is 0 Å². The Morgan fingerprint density at radius 3 is 3.00 bits per heavy atom. The summed E-state index contributed by atoms with van der Waals surface area (Å²) in [5.74, 6) is -0.0683. The second kappa shape index (κ2) is 2.33. The van der Waals surface area contributed by atoms with Crippen LogP contribution in [-0.4, -0.2) is 16.2 Å². The van der Waals surface area contributed by atoms with E-state index in [0.29, 0.717) is 0 Å². The molecule has 2 rings (SSSR count). The monoisotopic (exact) mass is 167 g/mol. The molecule has 12 heavy (non-hydrogen) atoms. The molecule has 1 aliphatic carbocycles. The van der Waals surface area contributed by atoms with Crippen LogP contribution in [0.3, 0.4) is 0 Å². The molecule has 2 atom stereocenters. The fraction of sp³-hybridized carbons (Fsp3) is 0.500. The maximum absolute atomic E-state index is 10.5. The van der Waals surface area contributed by atoms with Gasteiger partial charge in [0, 0.05) is 11.5 Å². The van der Waals surface area contributed by atoms with E-state index >= 15 is 0 Å². The Balaban J connectivity index is 2.15. The highest BCUT2D eigenvalue weighted by molar-refractivity contribution is 5.75. The summed E-state index contributed by atoms with van der Waals surface area (Å²) in [5.41, 5.74) is 0.947. The van der Waals surface area contributed by atoms with Gasteiger partial charge in [-0.25, -0.2) is 0 Å². The number of nitrogens with zero attached hydrogens (tertiary/aromatic N) is 1. The Bertz CT molecular complexity index is 318. The third kappa shape index (κ3) is 0.995. The molecule has 1 heterocycles. The van der Waals surface area contributed by atoms with E-state index < -0.39 is 5.97 Å². The molecular weight excluding hydrogens is 158 g/mol. The minimum absolute atomic E-state index is 0.133. The second-order valence-electron chi connectivity index (χ2n) is 3.12. The fourth-order valence-electron chi connectivity index (χ4n) is 1.47. The van der Waals surface area contributed by atoms with E-state index in [-0.39, 0.29) is 11.8 Å². The average Bonchev–Trinajstić information content (AvgIpc) is 2.70. The van der Waals surface area contributed by atoms with Crippen molar-refractivity contribution in [1.82, 2.24) is 5.16 Å². The van der Waals surface area contributed by atoms with Gasteiger partial charge < -0.3 is 9.63 Å². The van der Waals surface area contributed by atoms with Gasteiger partial charge in [0.2, 0.25) is 0 Å². The maximum Gasteiger partial charge on any atom is 0.307 e. The van der Waals surface area contributed by atoms with Gasteiger partial charge in [0.25, 0.3) is 0 Å². The van der Waals surface area contributed by atoms with E-state index in [1.807, 2.05) is 0 Å². The molecule has 0 spiro atoms. The van der Waals surface area contributed by atoms with Gasteiger partial charge in [-0.1, -0.05) is 5.16 Å². The maximum atomic E-state index is 10.5. The van der Waals surface area contributed by atoms with Crippen LogP contribution in [-0.2, 0) is 4.79 Å². The number of aromatic nitrogens is 1. The summed E-state index contributed by atoms with van der Waals surface area (Å²) in [6.07, 6.45) is 2.33. The largest absolute Gasteiger partial charge is 0.481 e. The van der Waals surface area contributed by atoms with Crippen molar-refractivity contribution in [2.24, 2.45) is 5.92 Å². The molecule has 1 aliphatic rings. The molecule has 1 aromatic heterocycles. The highest BCUT2D eigenvalue weighted by Gasteiger charge is 2.45. The van der Waals surface area contributed by atoms with Gasteiger partial charge in [-0.05, 0) is 13.3 Å². The predicted octanol–water partition coefficient (Wildman–Crippen LogP) is 1.17. The van der Waals surface area contributed by atoms with E-state index in [1.165, 1.54) is 0 Å². The van der Waals surface area contributed by atoms with Gasteiger partial charge in [-0.15, -0.1) is 0 Å². The minimum atomic E-state index is -0.722. The molecule has 0 amide bonds. The molecule has 1 saturated carbocycles. The van der Waals surface area contributed by atoms with Gasteiger partial charge in [0.1, 0.15) is 5.76 Å². The predicted molar refractivity (Wildman–Crippen MR) is 39.7 cm³/mol. The van der Waals surface area contributed by atoms with Crippen molar-refractivity contribution in [1.29, 1.82) is 0 Å². The number of carboxylic acids is 1. The van der Waals surface area contributed by atoms with E-state index in [4.69, 9.17) is 9.63 Å². The SMILES string of the molecule is Cc1oncc1C1CC1C(=O)O. The molecule has 0 radical (unpaired) electrons. The van der Waals surface area contributed by atoms with E-state index in [2.05, 4.69) is 5.16 Å². The quantitative estimate of drug-likeness (QED) is 0.718. The van der Waals surface area contributed by atoms with Crippen LogP contribution in [0.15, 0.2) is 10.7 Å². The van der Waals surface area contributed by atoms with Crippen LogP contribution in [0.1, 0.15) is 23.7 Å². The van der Waals surface area contributed by atoms with Gasteiger partial charge in [-0.2, -0.15) is 0 Å². The zero-order chi connectivity index (χ0) is 8.72. The standard InChI is InChI=1S/C8H9NO3/c1-4-7(3-9-12-4)5-2-6(5)8(10)11/h3,5-6H,2H2,1H3,(H,10,11). The highest BCUT2D eigenvalue weighted by Crippen LogP contribution is 2.48. The summed E-state index contributed by atoms with van der Waals surface area (Å²) in [6, 6.07) is 0. The summed E-state index contributed by atoms with van der Waals surface area (Å²) in [6.45, 7) is 1.81. The normalized spacial score (nSPS) is 27.1. The summed E-state index contributed by atoms with van der Waals surface area (Å²) in [5, 5.41) is 12.3. The lowest BCUT2D eigenvalue weighted by Crippen LogP contribution is -1.98. The van der Waals surface area contributed by atoms with Crippen molar-refractivity contribution in [3.8, 4) is 0 Å². The number of carbonyl (C=O) groups is 1. The highest BCUT2D eigenvalue weighted by atomic mass is 16.5. The topological polar surface area (TPSA) is 63.3 Å². The summed E-state index contributed by atoms with van der Waals surface area (Å²) >= 11 is 0. The average molecular weight is 167 g/mol. The zero-order valence-electron chi connectivity index (χ0n) is 6.65. The third-order valence-electron chi connectivity index (χ3n) is 2.30. The Hall–Kier alpha value is -1.32. The molecule has 1 aromatic rings. The lowest BCUT2D eigenvalue weighted by atomic mass is 10.1. The van der Waals surface area contributed by atoms with Crippen molar-refractivity contribution in [3.63, 3.8) is 0 Å². The van der Waals surface area contributed by atoms with E-state index in [0.717, 1.165) is 17.7 Å². The van der Waals surface area contributed by atoms with Crippen LogP contribution in [0.2, 0.25) is 0 Å². The molecule has 1 N–H and O–H groups in total. The van der Waals surface area contributed by atoms with Crippen molar-refractivity contribution in [2.45, 2.75) is 19.3 Å². The lowest BCUT2D eigenvalue weighted by Gasteiger charge is -1.91. The molecule has 0 saturated heterocycles. The van der Waals surface area contributed by atoms with Crippen molar-refractivity contribution < 1.29 is 14.4 Å². The second-order valence-corrected chi connectivity index (χ2v) is 3.12. The molecule has 0 aliphatic heterocycles. The lowest BCUT2D eigenvalue weighted by molar-refractivity contribution is -0.138. The molecule has 4 nitrogen and oxygen atoms in total. The molecule has 64 valence electrons. The van der Waals surface area contributed by atoms with Gasteiger partial charge in [-0.3, -0.25) is 4.79 Å². The van der Waals surface area contributed by atoms with E-state index in [1.54, 1.807) is 13.1 Å². The number of hydrogen-bond acceptors (Lipinski definition) is 3. The number of aryl methyl sites for hydroxylation is 1. The molecule has 4 heteroatoms. The first kappa shape index (κ1) is 7.34. The van der Waals surface area contributed by atoms with Crippen LogP contribution >= 0.6 is 0 Å². The minimum Gasteiger partial charge on any atom is -0.481 e. The Morgan fingerprint density at radius 2 is 2.58 bits per heavy atom. The summed E-state index contributed by atoms with van der Waals surface area (Å²) < 4.78 is 4.85. The Morgan fingerprint density at radius 1 is 1.83 bits per heavy atom. The number of hydrogen-bond donors (Lipinski definition) is 1. The molecule has 2 unspecified atom stereocenters. The number of aliphatic carboxylic acids is 1. The summed E-state index contributed by atoms with van der Waals surface area (Å²) in [7, 11) is 0. The van der Waals surface area contributed by atoms with Crippen LogP contribution in [0.4, 0.5) is 0 Å². The first-order chi connectivity index (χ1) is 5.70. The Labute approximate surface area is 69.2 Å². The first-order valence-electron chi connectivity index (χ1n) is 3.84. The molecule has 0 aromatic carbocycles. The van der Waals surface area contributed by atoms with Crippen molar-refractivity contribution in [3.05, 3.63) is 17.5 Å². The van der Waals surface area contributed by atoms with E-state index in [9.17, 15) is 4.79 Å². The third-order valence-corrected chi connectivity index (χ3v) is 2.30. The van der Waals surface area contributed by atoms with Gasteiger partial charge in [0.15, 0.2) is 0 Å². The molecule has 1 fully saturated rings. The van der Waals surface area contributed by atoms with Crippen molar-refractivity contribution in [2.75, 3.05) is 0 Å².